The number of terminal acetylenes is 1. The number of rotatable bonds is 7. The number of hydrogen-bond donors (Lipinski definition) is 1. The van der Waals surface area contributed by atoms with Crippen LogP contribution in [0.15, 0.2) is 17.3 Å². The van der Waals surface area contributed by atoms with Crippen LogP contribution < -0.4 is 0 Å². The van der Waals surface area contributed by atoms with Gasteiger partial charge in [0, 0.05) is 4.91 Å². The van der Waals surface area contributed by atoms with E-state index >= 15 is 0 Å². The number of hydrogen-bond acceptors (Lipinski definition) is 3. The van der Waals surface area contributed by atoms with E-state index < -0.39 is 17.2 Å². The van der Waals surface area contributed by atoms with Gasteiger partial charge in [0.05, 0.1) is 17.7 Å². The average Bonchev–Trinajstić information content (AvgIpc) is 3.19. The lowest BCUT2D eigenvalue weighted by atomic mass is 9.69. The Morgan fingerprint density at radius 3 is 3.10 bits per heavy atom. The molecule has 1 aliphatic heterocycles. The van der Waals surface area contributed by atoms with Crippen molar-refractivity contribution in [3.63, 3.8) is 0 Å². The maximum atomic E-state index is 11.1. The summed E-state index contributed by atoms with van der Waals surface area (Å²) in [5.74, 6) is 2.48. The van der Waals surface area contributed by atoms with E-state index in [4.69, 9.17) is 16.7 Å². The number of fused-ring (bicyclic) bond motifs is 1. The predicted molar refractivity (Wildman–Crippen MR) is 81.5 cm³/mol. The Bertz CT molecular complexity index is 506. The summed E-state index contributed by atoms with van der Waals surface area (Å²) in [6, 6.07) is -0.477. The molecule has 0 aromatic carbocycles. The van der Waals surface area contributed by atoms with Crippen LogP contribution in [0.2, 0.25) is 0 Å². The van der Waals surface area contributed by atoms with E-state index in [1.807, 2.05) is 6.92 Å². The molecule has 0 bridgehead atoms. The van der Waals surface area contributed by atoms with E-state index in [1.54, 1.807) is 0 Å². The van der Waals surface area contributed by atoms with Crippen molar-refractivity contribution in [3.8, 4) is 12.3 Å². The highest BCUT2D eigenvalue weighted by Crippen LogP contribution is 2.58. The number of aliphatic hydroxyl groups is 1. The van der Waals surface area contributed by atoms with Gasteiger partial charge in [0.15, 0.2) is 0 Å². The summed E-state index contributed by atoms with van der Waals surface area (Å²) < 4.78 is 5.91. The molecule has 2 aliphatic rings. The summed E-state index contributed by atoms with van der Waals surface area (Å²) in [6.45, 7) is 6.07. The van der Waals surface area contributed by atoms with Crippen LogP contribution in [0.25, 0.3) is 10.4 Å². The zero-order valence-electron chi connectivity index (χ0n) is 12.6. The highest BCUT2D eigenvalue weighted by atomic mass is 16.6. The largest absolute Gasteiger partial charge is 0.386 e. The maximum absolute atomic E-state index is 11.1. The van der Waals surface area contributed by atoms with E-state index in [9.17, 15) is 5.11 Å². The predicted octanol–water partition coefficient (Wildman–Crippen LogP) is 3.49. The van der Waals surface area contributed by atoms with Gasteiger partial charge < -0.3 is 9.84 Å². The van der Waals surface area contributed by atoms with Gasteiger partial charge in [0.2, 0.25) is 0 Å². The van der Waals surface area contributed by atoms with Gasteiger partial charge in [-0.2, -0.15) is 0 Å². The lowest BCUT2D eigenvalue weighted by molar-refractivity contribution is -0.0540. The summed E-state index contributed by atoms with van der Waals surface area (Å²) in [5, 5.41) is 14.7. The lowest BCUT2D eigenvalue weighted by Gasteiger charge is -2.38. The fourth-order valence-corrected chi connectivity index (χ4v) is 3.53. The second-order valence-electron chi connectivity index (χ2n) is 6.13. The molecule has 0 aromatic rings. The standard InChI is InChI=1S/C16H23N3O2/c1-4-12(3)11-15(20)9-6-7-14-16(15,21-14)10-8-13(5-2)18-19-17/h2,13-14,20H,3-4,6-11H2,1H3/t13?,14-,15-,16-/m0/s1. The van der Waals surface area contributed by atoms with Crippen LogP contribution >= 0.6 is 0 Å². The molecule has 1 N–H and O–H groups in total. The van der Waals surface area contributed by atoms with Crippen molar-refractivity contribution in [2.45, 2.75) is 75.2 Å². The Labute approximate surface area is 126 Å². The molecule has 21 heavy (non-hydrogen) atoms. The van der Waals surface area contributed by atoms with Crippen LogP contribution in [0.3, 0.4) is 0 Å². The minimum atomic E-state index is -0.863. The van der Waals surface area contributed by atoms with Gasteiger partial charge in [-0.05, 0) is 50.5 Å². The van der Waals surface area contributed by atoms with Gasteiger partial charge in [-0.25, -0.2) is 0 Å². The molecule has 1 saturated heterocycles. The van der Waals surface area contributed by atoms with Gasteiger partial charge in [-0.1, -0.05) is 30.1 Å². The zero-order valence-corrected chi connectivity index (χ0v) is 12.6. The molecular weight excluding hydrogens is 266 g/mol. The van der Waals surface area contributed by atoms with E-state index in [0.29, 0.717) is 19.3 Å². The zero-order chi connectivity index (χ0) is 15.5. The second kappa shape index (κ2) is 6.11. The SMILES string of the molecule is C#CC(CC[C@]12O[C@H]1CCC[C@]2(O)CC(=C)CC)N=[N+]=[N-]. The van der Waals surface area contributed by atoms with Crippen molar-refractivity contribution in [2.75, 3.05) is 0 Å². The summed E-state index contributed by atoms with van der Waals surface area (Å²) in [5.41, 5.74) is 8.15. The highest BCUT2D eigenvalue weighted by Gasteiger charge is 2.69. The molecular formula is C16H23N3O2. The third-order valence-electron chi connectivity index (χ3n) is 4.87. The first-order valence-corrected chi connectivity index (χ1v) is 7.58. The molecule has 4 atom stereocenters. The first kappa shape index (κ1) is 15.9. The minimum absolute atomic E-state index is 0.102. The Morgan fingerprint density at radius 1 is 1.71 bits per heavy atom. The Balaban J connectivity index is 2.09. The Morgan fingerprint density at radius 2 is 2.48 bits per heavy atom. The van der Waals surface area contributed by atoms with Crippen LogP contribution in [0.4, 0.5) is 0 Å². The quantitative estimate of drug-likeness (QED) is 0.194. The van der Waals surface area contributed by atoms with Crippen LogP contribution in [0.5, 0.6) is 0 Å². The van der Waals surface area contributed by atoms with Crippen LogP contribution in [0.1, 0.15) is 51.9 Å². The topological polar surface area (TPSA) is 81.5 Å². The molecule has 0 spiro atoms. The molecule has 0 amide bonds. The van der Waals surface area contributed by atoms with Crippen LogP contribution in [-0.4, -0.2) is 28.5 Å². The molecule has 1 unspecified atom stereocenters. The van der Waals surface area contributed by atoms with Crippen LogP contribution in [-0.2, 0) is 4.74 Å². The molecule has 0 radical (unpaired) electrons. The van der Waals surface area contributed by atoms with E-state index in [0.717, 1.165) is 31.3 Å². The summed E-state index contributed by atoms with van der Waals surface area (Å²) >= 11 is 0. The number of azide groups is 1. The second-order valence-corrected chi connectivity index (χ2v) is 6.13. The third-order valence-corrected chi connectivity index (χ3v) is 4.87. The fourth-order valence-electron chi connectivity index (χ4n) is 3.53. The molecule has 0 aromatic heterocycles. The first-order valence-electron chi connectivity index (χ1n) is 7.58. The average molecular weight is 289 g/mol. The monoisotopic (exact) mass is 289 g/mol. The summed E-state index contributed by atoms with van der Waals surface area (Å²) in [7, 11) is 0. The molecule has 1 heterocycles. The molecule has 2 rings (SSSR count). The number of epoxide rings is 1. The summed E-state index contributed by atoms with van der Waals surface area (Å²) in [6.07, 6.45) is 10.7. The highest BCUT2D eigenvalue weighted by molar-refractivity contribution is 5.22. The van der Waals surface area contributed by atoms with Crippen molar-refractivity contribution >= 4 is 0 Å². The third kappa shape index (κ3) is 2.94. The van der Waals surface area contributed by atoms with Gasteiger partial charge in [-0.15, -0.1) is 6.42 Å². The Hall–Kier alpha value is -1.47. The smallest absolute Gasteiger partial charge is 0.124 e. The van der Waals surface area contributed by atoms with Gasteiger partial charge >= 0.3 is 0 Å². The normalized spacial score (nSPS) is 35.0. The van der Waals surface area contributed by atoms with Crippen molar-refractivity contribution in [1.29, 1.82) is 0 Å². The molecule has 5 nitrogen and oxygen atoms in total. The first-order chi connectivity index (χ1) is 10.0. The van der Waals surface area contributed by atoms with E-state index in [1.165, 1.54) is 0 Å². The molecule has 5 heteroatoms. The van der Waals surface area contributed by atoms with Gasteiger partial charge in [0.25, 0.3) is 0 Å². The minimum Gasteiger partial charge on any atom is -0.386 e. The maximum Gasteiger partial charge on any atom is 0.124 e. The molecule has 1 saturated carbocycles. The Kier molecular flexibility index (Phi) is 4.63. The lowest BCUT2D eigenvalue weighted by Crippen LogP contribution is -2.49. The van der Waals surface area contributed by atoms with E-state index in [2.05, 4.69) is 22.5 Å². The van der Waals surface area contributed by atoms with Crippen molar-refractivity contribution in [1.82, 2.24) is 0 Å². The van der Waals surface area contributed by atoms with Gasteiger partial charge in [-0.3, -0.25) is 0 Å². The molecule has 1 aliphatic carbocycles. The number of nitrogens with zero attached hydrogens (tertiary/aromatic N) is 3. The van der Waals surface area contributed by atoms with E-state index in [-0.39, 0.29) is 6.10 Å². The molecule has 2 fully saturated rings. The van der Waals surface area contributed by atoms with Crippen molar-refractivity contribution in [2.24, 2.45) is 5.11 Å². The van der Waals surface area contributed by atoms with Crippen molar-refractivity contribution < 1.29 is 9.84 Å². The number of ether oxygens (including phenoxy) is 1. The fraction of sp³-hybridized carbons (Fsp3) is 0.750. The van der Waals surface area contributed by atoms with Crippen LogP contribution in [0, 0.1) is 12.3 Å². The summed E-state index contributed by atoms with van der Waals surface area (Å²) in [4.78, 5) is 2.77. The van der Waals surface area contributed by atoms with Crippen molar-refractivity contribution in [3.05, 3.63) is 22.6 Å². The van der Waals surface area contributed by atoms with Gasteiger partial charge in [0.1, 0.15) is 5.60 Å². The molecule has 114 valence electrons.